The van der Waals surface area contributed by atoms with E-state index in [1.165, 1.54) is 5.56 Å². The first-order valence-corrected chi connectivity index (χ1v) is 4.29. The molecule has 0 bridgehead atoms. The van der Waals surface area contributed by atoms with Gasteiger partial charge in [-0.05, 0) is 23.6 Å². The SMILES string of the molecule is CC(C)c1ccc2c(=O)[nH]oc2c1. The standard InChI is InChI=1S/C10H11NO2/c1-6(2)7-3-4-8-9(5-7)13-11-10(8)12/h3-6H,1-2H3,(H,11,12). The zero-order valence-electron chi connectivity index (χ0n) is 7.63. The van der Waals surface area contributed by atoms with E-state index in [9.17, 15) is 4.79 Å². The fourth-order valence-corrected chi connectivity index (χ4v) is 1.33. The van der Waals surface area contributed by atoms with Crippen LogP contribution in [0.15, 0.2) is 27.5 Å². The molecule has 1 aromatic carbocycles. The van der Waals surface area contributed by atoms with Gasteiger partial charge in [-0.3, -0.25) is 4.79 Å². The fraction of sp³-hybridized carbons (Fsp3) is 0.300. The molecule has 2 rings (SSSR count). The summed E-state index contributed by atoms with van der Waals surface area (Å²) in [5, 5.41) is 2.93. The molecular formula is C10H11NO2. The first-order valence-electron chi connectivity index (χ1n) is 4.29. The Morgan fingerprint density at radius 3 is 2.85 bits per heavy atom. The lowest BCUT2D eigenvalue weighted by Gasteiger charge is -2.02. The van der Waals surface area contributed by atoms with Gasteiger partial charge in [0.15, 0.2) is 5.58 Å². The van der Waals surface area contributed by atoms with E-state index in [1.807, 2.05) is 12.1 Å². The second-order valence-corrected chi connectivity index (χ2v) is 3.44. The molecule has 1 N–H and O–H groups in total. The van der Waals surface area contributed by atoms with Crippen LogP contribution in [0.2, 0.25) is 0 Å². The number of hydrogen-bond donors (Lipinski definition) is 1. The zero-order chi connectivity index (χ0) is 9.42. The average Bonchev–Trinajstić information content (AvgIpc) is 2.47. The molecule has 0 unspecified atom stereocenters. The maximum atomic E-state index is 11.1. The molecule has 0 fully saturated rings. The minimum Gasteiger partial charge on any atom is -0.378 e. The molecule has 1 aromatic heterocycles. The van der Waals surface area contributed by atoms with Crippen molar-refractivity contribution in [3.05, 3.63) is 34.1 Å². The minimum absolute atomic E-state index is 0.162. The normalized spacial score (nSPS) is 11.3. The van der Waals surface area contributed by atoms with Gasteiger partial charge in [0.1, 0.15) is 0 Å². The molecule has 0 saturated heterocycles. The van der Waals surface area contributed by atoms with Gasteiger partial charge in [0.05, 0.1) is 5.39 Å². The molecule has 0 aliphatic carbocycles. The van der Waals surface area contributed by atoms with Crippen molar-refractivity contribution < 1.29 is 4.52 Å². The van der Waals surface area contributed by atoms with E-state index in [0.717, 1.165) is 0 Å². The van der Waals surface area contributed by atoms with Gasteiger partial charge >= 0.3 is 0 Å². The lowest BCUT2D eigenvalue weighted by molar-refractivity contribution is 0.448. The van der Waals surface area contributed by atoms with E-state index < -0.39 is 0 Å². The molecule has 0 saturated carbocycles. The summed E-state index contributed by atoms with van der Waals surface area (Å²) < 4.78 is 5.00. The molecule has 0 spiro atoms. The quantitative estimate of drug-likeness (QED) is 0.726. The summed E-state index contributed by atoms with van der Waals surface area (Å²) in [6.07, 6.45) is 0. The van der Waals surface area contributed by atoms with E-state index in [4.69, 9.17) is 4.52 Å². The Kier molecular flexibility index (Phi) is 1.72. The van der Waals surface area contributed by atoms with Crippen molar-refractivity contribution >= 4 is 11.0 Å². The van der Waals surface area contributed by atoms with Crippen molar-refractivity contribution in [1.29, 1.82) is 0 Å². The third-order valence-electron chi connectivity index (χ3n) is 2.17. The highest BCUT2D eigenvalue weighted by molar-refractivity contribution is 5.76. The Morgan fingerprint density at radius 2 is 2.15 bits per heavy atom. The van der Waals surface area contributed by atoms with Gasteiger partial charge in [0, 0.05) is 0 Å². The van der Waals surface area contributed by atoms with Gasteiger partial charge in [0.25, 0.3) is 5.56 Å². The first kappa shape index (κ1) is 8.10. The number of H-pyrrole nitrogens is 1. The van der Waals surface area contributed by atoms with Crippen LogP contribution in [0, 0.1) is 0 Å². The average molecular weight is 177 g/mol. The number of benzene rings is 1. The van der Waals surface area contributed by atoms with Crippen molar-refractivity contribution in [3.63, 3.8) is 0 Å². The molecule has 1 heterocycles. The predicted molar refractivity (Wildman–Crippen MR) is 50.9 cm³/mol. The Balaban J connectivity index is 2.70. The molecule has 0 atom stereocenters. The number of hydrogen-bond acceptors (Lipinski definition) is 2. The van der Waals surface area contributed by atoms with Crippen LogP contribution in [0.3, 0.4) is 0 Å². The second-order valence-electron chi connectivity index (χ2n) is 3.44. The number of aromatic nitrogens is 1. The van der Waals surface area contributed by atoms with E-state index >= 15 is 0 Å². The predicted octanol–water partition coefficient (Wildman–Crippen LogP) is 2.24. The van der Waals surface area contributed by atoms with Crippen LogP contribution < -0.4 is 5.56 Å². The van der Waals surface area contributed by atoms with E-state index in [0.29, 0.717) is 16.9 Å². The van der Waals surface area contributed by atoms with Gasteiger partial charge in [-0.15, -0.1) is 0 Å². The third kappa shape index (κ3) is 1.26. The van der Waals surface area contributed by atoms with Gasteiger partial charge in [0.2, 0.25) is 0 Å². The van der Waals surface area contributed by atoms with Crippen LogP contribution in [0.25, 0.3) is 11.0 Å². The molecule has 3 nitrogen and oxygen atoms in total. The molecule has 68 valence electrons. The first-order chi connectivity index (χ1) is 6.18. The van der Waals surface area contributed by atoms with Crippen LogP contribution in [0.5, 0.6) is 0 Å². The summed E-state index contributed by atoms with van der Waals surface area (Å²) in [5.74, 6) is 0.449. The van der Waals surface area contributed by atoms with Crippen LogP contribution in [-0.4, -0.2) is 5.16 Å². The highest BCUT2D eigenvalue weighted by Gasteiger charge is 2.05. The largest absolute Gasteiger partial charge is 0.378 e. The van der Waals surface area contributed by atoms with Gasteiger partial charge in [-0.1, -0.05) is 19.9 Å². The van der Waals surface area contributed by atoms with Crippen molar-refractivity contribution in [2.75, 3.05) is 0 Å². The molecule has 0 aliphatic rings. The number of fused-ring (bicyclic) bond motifs is 1. The molecule has 0 amide bonds. The maximum absolute atomic E-state index is 11.1. The van der Waals surface area contributed by atoms with Gasteiger partial charge in [-0.2, -0.15) is 5.16 Å². The number of aromatic amines is 1. The van der Waals surface area contributed by atoms with E-state index in [-0.39, 0.29) is 5.56 Å². The third-order valence-corrected chi connectivity index (χ3v) is 2.17. The topological polar surface area (TPSA) is 46.0 Å². The summed E-state index contributed by atoms with van der Waals surface area (Å²) in [5.41, 5.74) is 1.65. The van der Waals surface area contributed by atoms with Crippen LogP contribution >= 0.6 is 0 Å². The maximum Gasteiger partial charge on any atom is 0.287 e. The summed E-state index contributed by atoms with van der Waals surface area (Å²) in [6, 6.07) is 5.66. The van der Waals surface area contributed by atoms with Crippen molar-refractivity contribution in [3.8, 4) is 0 Å². The van der Waals surface area contributed by atoms with Crippen molar-refractivity contribution in [1.82, 2.24) is 5.16 Å². The Labute approximate surface area is 75.3 Å². The monoisotopic (exact) mass is 177 g/mol. The lowest BCUT2D eigenvalue weighted by atomic mass is 10.0. The smallest absolute Gasteiger partial charge is 0.287 e. The second kappa shape index (κ2) is 2.76. The van der Waals surface area contributed by atoms with E-state index in [2.05, 4.69) is 19.0 Å². The molecular weight excluding hydrogens is 166 g/mol. The molecule has 2 aromatic rings. The van der Waals surface area contributed by atoms with Crippen molar-refractivity contribution in [2.24, 2.45) is 0 Å². The minimum atomic E-state index is -0.162. The van der Waals surface area contributed by atoms with Gasteiger partial charge in [-0.25, -0.2) is 0 Å². The molecule has 0 aliphatic heterocycles. The fourth-order valence-electron chi connectivity index (χ4n) is 1.33. The van der Waals surface area contributed by atoms with Gasteiger partial charge < -0.3 is 4.52 Å². The van der Waals surface area contributed by atoms with Crippen LogP contribution in [-0.2, 0) is 0 Å². The Bertz CT molecular complexity index is 479. The molecule has 0 radical (unpaired) electrons. The number of nitrogens with one attached hydrogen (secondary N) is 1. The Morgan fingerprint density at radius 1 is 1.38 bits per heavy atom. The zero-order valence-corrected chi connectivity index (χ0v) is 7.63. The molecule has 13 heavy (non-hydrogen) atoms. The summed E-state index contributed by atoms with van der Waals surface area (Å²) >= 11 is 0. The number of rotatable bonds is 1. The highest BCUT2D eigenvalue weighted by Crippen LogP contribution is 2.18. The summed E-state index contributed by atoms with van der Waals surface area (Å²) in [4.78, 5) is 11.1. The Hall–Kier alpha value is -1.51. The lowest BCUT2D eigenvalue weighted by Crippen LogP contribution is -1.96. The van der Waals surface area contributed by atoms with Crippen LogP contribution in [0.4, 0.5) is 0 Å². The van der Waals surface area contributed by atoms with Crippen LogP contribution in [0.1, 0.15) is 25.3 Å². The summed E-state index contributed by atoms with van der Waals surface area (Å²) in [6.45, 7) is 4.21. The van der Waals surface area contributed by atoms with E-state index in [1.54, 1.807) is 6.07 Å². The van der Waals surface area contributed by atoms with Crippen molar-refractivity contribution in [2.45, 2.75) is 19.8 Å². The highest BCUT2D eigenvalue weighted by atomic mass is 16.5. The summed E-state index contributed by atoms with van der Waals surface area (Å²) in [7, 11) is 0. The molecule has 3 heteroatoms.